The van der Waals surface area contributed by atoms with Crippen LogP contribution in [0.3, 0.4) is 0 Å². The van der Waals surface area contributed by atoms with Crippen molar-refractivity contribution in [3.05, 3.63) is 59.7 Å². The van der Waals surface area contributed by atoms with Gasteiger partial charge in [-0.25, -0.2) is 22.0 Å². The molecule has 0 atom stereocenters. The van der Waals surface area contributed by atoms with Crippen LogP contribution in [0.5, 0.6) is 0 Å². The number of hydrogen-bond acceptors (Lipinski definition) is 5. The van der Waals surface area contributed by atoms with E-state index in [1.165, 1.54) is 35.7 Å². The number of anilines is 1. The third kappa shape index (κ3) is 4.65. The number of nitrogens with one attached hydrogen (secondary N) is 1. The molecule has 0 aromatic heterocycles. The molecular formula is C20H20F2N2O5S. The van der Waals surface area contributed by atoms with Crippen molar-refractivity contribution in [2.45, 2.75) is 17.7 Å². The number of ether oxygens (including phenoxy) is 1. The van der Waals surface area contributed by atoms with Crippen LogP contribution in [0.2, 0.25) is 0 Å². The summed E-state index contributed by atoms with van der Waals surface area (Å²) in [6.45, 7) is 0.126. The van der Waals surface area contributed by atoms with Gasteiger partial charge in [0, 0.05) is 30.8 Å². The minimum atomic E-state index is -3.97. The molecule has 1 saturated heterocycles. The van der Waals surface area contributed by atoms with Gasteiger partial charge in [0.2, 0.25) is 15.9 Å². The Bertz CT molecular complexity index is 1050. The predicted octanol–water partition coefficient (Wildman–Crippen LogP) is 2.79. The summed E-state index contributed by atoms with van der Waals surface area (Å²) in [6.07, 6.45) is 0.451. The molecule has 7 nitrogen and oxygen atoms in total. The maximum atomic E-state index is 13.3. The van der Waals surface area contributed by atoms with Gasteiger partial charge in [0.05, 0.1) is 17.6 Å². The third-order valence-corrected chi connectivity index (χ3v) is 6.82. The number of nitrogens with zero attached hydrogens (tertiary/aromatic N) is 1. The van der Waals surface area contributed by atoms with E-state index in [4.69, 9.17) is 0 Å². The SMILES string of the molecule is COC(=O)c1ccccc1S(=O)(=O)N1CCC(C(=O)Nc2cc(F)cc(F)c2)CC1. The summed E-state index contributed by atoms with van der Waals surface area (Å²) >= 11 is 0. The molecule has 0 aliphatic carbocycles. The highest BCUT2D eigenvalue weighted by atomic mass is 32.2. The summed E-state index contributed by atoms with van der Waals surface area (Å²) in [5.41, 5.74) is -0.0625. The van der Waals surface area contributed by atoms with Crippen molar-refractivity contribution in [1.82, 2.24) is 4.31 Å². The Labute approximate surface area is 172 Å². The monoisotopic (exact) mass is 438 g/mol. The highest BCUT2D eigenvalue weighted by Crippen LogP contribution is 2.27. The summed E-state index contributed by atoms with van der Waals surface area (Å²) in [7, 11) is -2.80. The van der Waals surface area contributed by atoms with Crippen LogP contribution in [-0.2, 0) is 19.6 Å². The molecule has 1 aliphatic rings. The zero-order chi connectivity index (χ0) is 21.9. The van der Waals surface area contributed by atoms with E-state index in [0.29, 0.717) is 6.07 Å². The molecule has 1 heterocycles. The summed E-state index contributed by atoms with van der Waals surface area (Å²) < 4.78 is 58.4. The van der Waals surface area contributed by atoms with E-state index in [0.717, 1.165) is 12.1 Å². The molecular weight excluding hydrogens is 418 g/mol. The van der Waals surface area contributed by atoms with Crippen molar-refractivity contribution in [2.75, 3.05) is 25.5 Å². The number of hydrogen-bond donors (Lipinski definition) is 1. The quantitative estimate of drug-likeness (QED) is 0.725. The molecule has 2 aromatic carbocycles. The van der Waals surface area contributed by atoms with Crippen LogP contribution in [0, 0.1) is 17.6 Å². The smallest absolute Gasteiger partial charge is 0.339 e. The van der Waals surface area contributed by atoms with Gasteiger partial charge < -0.3 is 10.1 Å². The number of carbonyl (C=O) groups is 2. The number of methoxy groups -OCH3 is 1. The molecule has 0 radical (unpaired) electrons. The van der Waals surface area contributed by atoms with E-state index < -0.39 is 39.5 Å². The molecule has 0 unspecified atom stereocenters. The van der Waals surface area contributed by atoms with Crippen molar-refractivity contribution in [1.29, 1.82) is 0 Å². The van der Waals surface area contributed by atoms with Crippen LogP contribution in [0.4, 0.5) is 14.5 Å². The van der Waals surface area contributed by atoms with Gasteiger partial charge in [-0.2, -0.15) is 4.31 Å². The fourth-order valence-corrected chi connectivity index (χ4v) is 4.99. The Kier molecular flexibility index (Phi) is 6.47. The van der Waals surface area contributed by atoms with Crippen LogP contribution in [0.1, 0.15) is 23.2 Å². The molecule has 2 aromatic rings. The van der Waals surface area contributed by atoms with Crippen molar-refractivity contribution < 1.29 is 31.5 Å². The third-order valence-electron chi connectivity index (χ3n) is 4.87. The van der Waals surface area contributed by atoms with Gasteiger partial charge in [-0.1, -0.05) is 12.1 Å². The van der Waals surface area contributed by atoms with Gasteiger partial charge in [0.1, 0.15) is 11.6 Å². The first-order chi connectivity index (χ1) is 14.2. The second kappa shape index (κ2) is 8.88. The highest BCUT2D eigenvalue weighted by Gasteiger charge is 2.34. The molecule has 160 valence electrons. The summed E-state index contributed by atoms with van der Waals surface area (Å²) in [4.78, 5) is 24.2. The predicted molar refractivity (Wildman–Crippen MR) is 104 cm³/mol. The van der Waals surface area contributed by atoms with Gasteiger partial charge in [0.25, 0.3) is 0 Å². The number of halogens is 2. The maximum absolute atomic E-state index is 13.3. The largest absolute Gasteiger partial charge is 0.465 e. The van der Waals surface area contributed by atoms with Gasteiger partial charge >= 0.3 is 5.97 Å². The van der Waals surface area contributed by atoms with Crippen molar-refractivity contribution in [3.63, 3.8) is 0 Å². The number of rotatable bonds is 5. The molecule has 1 aliphatic heterocycles. The first-order valence-electron chi connectivity index (χ1n) is 9.17. The van der Waals surface area contributed by atoms with Gasteiger partial charge in [-0.05, 0) is 37.1 Å². The summed E-state index contributed by atoms with van der Waals surface area (Å²) in [5, 5.41) is 2.46. The molecule has 1 fully saturated rings. The van der Waals surface area contributed by atoms with Crippen LogP contribution < -0.4 is 5.32 Å². The molecule has 0 spiro atoms. The second-order valence-corrected chi connectivity index (χ2v) is 8.72. The average Bonchev–Trinajstić information content (AvgIpc) is 2.72. The number of esters is 1. The van der Waals surface area contributed by atoms with Crippen LogP contribution in [-0.4, -0.2) is 44.8 Å². The van der Waals surface area contributed by atoms with E-state index in [9.17, 15) is 26.8 Å². The highest BCUT2D eigenvalue weighted by molar-refractivity contribution is 7.89. The Morgan fingerprint density at radius 2 is 1.67 bits per heavy atom. The van der Waals surface area contributed by atoms with E-state index in [2.05, 4.69) is 10.1 Å². The number of carbonyl (C=O) groups excluding carboxylic acids is 2. The summed E-state index contributed by atoms with van der Waals surface area (Å²) in [6, 6.07) is 8.46. The first-order valence-corrected chi connectivity index (χ1v) is 10.6. The lowest BCUT2D eigenvalue weighted by Crippen LogP contribution is -2.41. The number of sulfonamides is 1. The average molecular weight is 438 g/mol. The van der Waals surface area contributed by atoms with Crippen molar-refractivity contribution in [3.8, 4) is 0 Å². The Hall–Kier alpha value is -2.85. The first kappa shape index (κ1) is 21.8. The van der Waals surface area contributed by atoms with Gasteiger partial charge in [-0.3, -0.25) is 4.79 Å². The molecule has 1 N–H and O–H groups in total. The standard InChI is InChI=1S/C20H20F2N2O5S/c1-29-20(26)17-4-2-3-5-18(17)30(27,28)24-8-6-13(7-9-24)19(25)23-16-11-14(21)10-15(22)12-16/h2-5,10-13H,6-9H2,1H3,(H,23,25). The van der Waals surface area contributed by atoms with Crippen LogP contribution in [0.15, 0.2) is 47.4 Å². The molecule has 0 bridgehead atoms. The fourth-order valence-electron chi connectivity index (χ4n) is 3.34. The molecule has 0 saturated carbocycles. The van der Waals surface area contributed by atoms with E-state index in [-0.39, 0.29) is 42.1 Å². The zero-order valence-electron chi connectivity index (χ0n) is 16.1. The fraction of sp³-hybridized carbons (Fsp3) is 0.300. The van der Waals surface area contributed by atoms with Gasteiger partial charge in [0.15, 0.2) is 0 Å². The second-order valence-electron chi connectivity index (χ2n) is 6.81. The Balaban J connectivity index is 1.69. The van der Waals surface area contributed by atoms with E-state index in [1.54, 1.807) is 0 Å². The molecule has 30 heavy (non-hydrogen) atoms. The van der Waals surface area contributed by atoms with E-state index >= 15 is 0 Å². The minimum absolute atomic E-state index is 0.000411. The lowest BCUT2D eigenvalue weighted by atomic mass is 9.97. The normalized spacial score (nSPS) is 15.6. The number of benzene rings is 2. The molecule has 3 rings (SSSR count). The van der Waals surface area contributed by atoms with Crippen molar-refractivity contribution >= 4 is 27.6 Å². The number of amides is 1. The topological polar surface area (TPSA) is 92.8 Å². The zero-order valence-corrected chi connectivity index (χ0v) is 16.9. The lowest BCUT2D eigenvalue weighted by Gasteiger charge is -2.31. The van der Waals surface area contributed by atoms with Crippen molar-refractivity contribution in [2.24, 2.45) is 5.92 Å². The lowest BCUT2D eigenvalue weighted by molar-refractivity contribution is -0.120. The number of piperidine rings is 1. The Morgan fingerprint density at radius 3 is 2.27 bits per heavy atom. The Morgan fingerprint density at radius 1 is 1.07 bits per heavy atom. The van der Waals surface area contributed by atoms with E-state index in [1.807, 2.05) is 0 Å². The minimum Gasteiger partial charge on any atom is -0.465 e. The molecule has 10 heteroatoms. The summed E-state index contributed by atoms with van der Waals surface area (Å²) in [5.74, 6) is -3.33. The van der Waals surface area contributed by atoms with Gasteiger partial charge in [-0.15, -0.1) is 0 Å². The van der Waals surface area contributed by atoms with Crippen LogP contribution >= 0.6 is 0 Å². The molecule has 1 amide bonds. The maximum Gasteiger partial charge on any atom is 0.339 e. The van der Waals surface area contributed by atoms with Crippen LogP contribution in [0.25, 0.3) is 0 Å².